The van der Waals surface area contributed by atoms with Gasteiger partial charge < -0.3 is 4.74 Å². The lowest BCUT2D eigenvalue weighted by molar-refractivity contribution is 0.356. The normalized spacial score (nSPS) is 13.4. The molecule has 4 rings (SSSR count). The molecular formula is C16H15N5O3S. The molecule has 3 aromatic rings. The lowest BCUT2D eigenvalue weighted by atomic mass is 10.2. The largest absolute Gasteiger partial charge is 0.493 e. The second-order valence-electron chi connectivity index (χ2n) is 5.56. The van der Waals surface area contributed by atoms with E-state index in [1.54, 1.807) is 47.5 Å². The fraction of sp³-hybridized carbons (Fsp3) is 0.188. The molecule has 0 saturated heterocycles. The summed E-state index contributed by atoms with van der Waals surface area (Å²) in [4.78, 5) is 4.23. The molecule has 0 saturated carbocycles. The molecule has 1 aromatic carbocycles. The average molecular weight is 357 g/mol. The molecule has 0 atom stereocenters. The Hall–Kier alpha value is -2.78. The zero-order chi connectivity index (χ0) is 17.3. The first-order valence-corrected chi connectivity index (χ1v) is 9.17. The lowest BCUT2D eigenvalue weighted by Crippen LogP contribution is -2.23. The highest BCUT2D eigenvalue weighted by atomic mass is 32.2. The highest BCUT2D eigenvalue weighted by Crippen LogP contribution is 2.27. The lowest BCUT2D eigenvalue weighted by Gasteiger charge is -2.06. The van der Waals surface area contributed by atoms with Crippen LogP contribution in [0.1, 0.15) is 11.3 Å². The summed E-state index contributed by atoms with van der Waals surface area (Å²) in [6, 6.07) is 8.50. The monoisotopic (exact) mass is 357 g/mol. The van der Waals surface area contributed by atoms with Gasteiger partial charge in [-0.2, -0.15) is 0 Å². The van der Waals surface area contributed by atoms with Crippen LogP contribution in [-0.2, 0) is 23.0 Å². The quantitative estimate of drug-likeness (QED) is 0.733. The average Bonchev–Trinajstić information content (AvgIpc) is 3.29. The predicted molar refractivity (Wildman–Crippen MR) is 88.8 cm³/mol. The summed E-state index contributed by atoms with van der Waals surface area (Å²) in [6.07, 6.45) is 5.70. The molecule has 0 amide bonds. The molecule has 9 heteroatoms. The van der Waals surface area contributed by atoms with Gasteiger partial charge in [0.2, 0.25) is 10.0 Å². The molecule has 0 spiro atoms. The number of hydrogen-bond acceptors (Lipinski definition) is 6. The summed E-state index contributed by atoms with van der Waals surface area (Å²) in [5, 5.41) is 7.97. The van der Waals surface area contributed by atoms with E-state index in [2.05, 4.69) is 20.0 Å². The van der Waals surface area contributed by atoms with Gasteiger partial charge in [-0.05, 0) is 35.9 Å². The minimum Gasteiger partial charge on any atom is -0.493 e. The van der Waals surface area contributed by atoms with E-state index in [-0.39, 0.29) is 11.4 Å². The van der Waals surface area contributed by atoms with Gasteiger partial charge in [-0.3, -0.25) is 4.98 Å². The van der Waals surface area contributed by atoms with Crippen molar-refractivity contribution in [2.24, 2.45) is 0 Å². The number of sulfonamides is 1. The van der Waals surface area contributed by atoms with Crippen LogP contribution in [-0.4, -0.2) is 35.0 Å². The second kappa shape index (κ2) is 6.26. The first kappa shape index (κ1) is 15.7. The number of nitrogens with zero attached hydrogens (tertiary/aromatic N) is 4. The first-order valence-electron chi connectivity index (χ1n) is 7.69. The number of pyridine rings is 1. The van der Waals surface area contributed by atoms with Gasteiger partial charge in [0.15, 0.2) is 0 Å². The molecule has 1 aliphatic rings. The Kier molecular flexibility index (Phi) is 3.94. The Morgan fingerprint density at radius 2 is 2.20 bits per heavy atom. The molecule has 2 aromatic heterocycles. The van der Waals surface area contributed by atoms with Gasteiger partial charge in [-0.1, -0.05) is 5.21 Å². The summed E-state index contributed by atoms with van der Waals surface area (Å²) < 4.78 is 34.4. The molecule has 128 valence electrons. The number of benzene rings is 1. The third-order valence-corrected chi connectivity index (χ3v) is 5.26. The second-order valence-corrected chi connectivity index (χ2v) is 7.33. The van der Waals surface area contributed by atoms with E-state index in [9.17, 15) is 8.42 Å². The maximum absolute atomic E-state index is 12.5. The van der Waals surface area contributed by atoms with Crippen molar-refractivity contribution in [2.45, 2.75) is 17.9 Å². The van der Waals surface area contributed by atoms with Crippen LogP contribution in [0.4, 0.5) is 0 Å². The van der Waals surface area contributed by atoms with E-state index in [0.29, 0.717) is 12.3 Å². The van der Waals surface area contributed by atoms with Crippen molar-refractivity contribution in [3.05, 3.63) is 60.2 Å². The van der Waals surface area contributed by atoms with Gasteiger partial charge in [0.1, 0.15) is 5.75 Å². The van der Waals surface area contributed by atoms with Gasteiger partial charge in [0, 0.05) is 12.6 Å². The third kappa shape index (κ3) is 3.24. The van der Waals surface area contributed by atoms with Crippen molar-refractivity contribution in [3.8, 4) is 11.4 Å². The highest BCUT2D eigenvalue weighted by molar-refractivity contribution is 7.89. The molecule has 25 heavy (non-hydrogen) atoms. The van der Waals surface area contributed by atoms with E-state index in [0.717, 1.165) is 23.4 Å². The molecule has 1 N–H and O–H groups in total. The molecule has 0 bridgehead atoms. The van der Waals surface area contributed by atoms with E-state index >= 15 is 0 Å². The van der Waals surface area contributed by atoms with Crippen molar-refractivity contribution in [3.63, 3.8) is 0 Å². The molecule has 1 aliphatic heterocycles. The molecule has 8 nitrogen and oxygen atoms in total. The molecule has 0 fully saturated rings. The summed E-state index contributed by atoms with van der Waals surface area (Å²) in [5.41, 5.74) is 2.17. The van der Waals surface area contributed by atoms with Crippen molar-refractivity contribution in [2.75, 3.05) is 6.61 Å². The Morgan fingerprint density at radius 3 is 3.04 bits per heavy atom. The Bertz CT molecular complexity index is 1000. The van der Waals surface area contributed by atoms with Crippen LogP contribution in [0.3, 0.4) is 0 Å². The summed E-state index contributed by atoms with van der Waals surface area (Å²) in [5.74, 6) is 0.748. The van der Waals surface area contributed by atoms with Crippen molar-refractivity contribution < 1.29 is 13.2 Å². The predicted octanol–water partition coefficient (Wildman–Crippen LogP) is 1.08. The zero-order valence-corrected chi connectivity index (χ0v) is 14.0. The minimum absolute atomic E-state index is 0.0518. The van der Waals surface area contributed by atoms with E-state index < -0.39 is 10.0 Å². The maximum Gasteiger partial charge on any atom is 0.240 e. The van der Waals surface area contributed by atoms with Gasteiger partial charge in [0.25, 0.3) is 0 Å². The number of aromatic nitrogens is 4. The van der Waals surface area contributed by atoms with Crippen molar-refractivity contribution >= 4 is 10.0 Å². The summed E-state index contributed by atoms with van der Waals surface area (Å²) >= 11 is 0. The van der Waals surface area contributed by atoms with Gasteiger partial charge in [0.05, 0.1) is 41.8 Å². The van der Waals surface area contributed by atoms with Crippen LogP contribution < -0.4 is 9.46 Å². The van der Waals surface area contributed by atoms with E-state index in [1.807, 2.05) is 6.07 Å². The fourth-order valence-corrected chi connectivity index (χ4v) is 3.63. The van der Waals surface area contributed by atoms with Crippen LogP contribution in [0.25, 0.3) is 5.69 Å². The number of rotatable bonds is 5. The Labute approximate surface area is 144 Å². The Morgan fingerprint density at radius 1 is 1.28 bits per heavy atom. The zero-order valence-electron chi connectivity index (χ0n) is 13.2. The highest BCUT2D eigenvalue weighted by Gasteiger charge is 2.19. The summed E-state index contributed by atoms with van der Waals surface area (Å²) in [7, 11) is -3.63. The number of fused-ring (bicyclic) bond motifs is 1. The van der Waals surface area contributed by atoms with E-state index in [1.165, 1.54) is 0 Å². The molecule has 0 radical (unpaired) electrons. The smallest absolute Gasteiger partial charge is 0.240 e. The molecular weight excluding hydrogens is 342 g/mol. The molecule has 0 unspecified atom stereocenters. The minimum atomic E-state index is -3.63. The van der Waals surface area contributed by atoms with Crippen LogP contribution in [0, 0.1) is 0 Å². The first-order chi connectivity index (χ1) is 12.1. The van der Waals surface area contributed by atoms with Crippen molar-refractivity contribution in [1.82, 2.24) is 24.7 Å². The Balaban J connectivity index is 1.48. The number of nitrogens with one attached hydrogen (secondary N) is 1. The number of hydrogen-bond donors (Lipinski definition) is 1. The van der Waals surface area contributed by atoms with Crippen LogP contribution in [0.2, 0.25) is 0 Å². The molecule has 0 aliphatic carbocycles. The SMILES string of the molecule is O=S(=O)(NCc1cn(-c2cccnc2)nn1)c1ccc2c(c1)CCO2. The fourth-order valence-electron chi connectivity index (χ4n) is 2.58. The van der Waals surface area contributed by atoms with Gasteiger partial charge in [-0.15, -0.1) is 5.10 Å². The topological polar surface area (TPSA) is 99.0 Å². The molecule has 3 heterocycles. The van der Waals surface area contributed by atoms with Crippen LogP contribution in [0.5, 0.6) is 5.75 Å². The van der Waals surface area contributed by atoms with Gasteiger partial charge in [-0.25, -0.2) is 17.8 Å². The van der Waals surface area contributed by atoms with Gasteiger partial charge >= 0.3 is 0 Å². The van der Waals surface area contributed by atoms with Crippen LogP contribution in [0.15, 0.2) is 53.8 Å². The maximum atomic E-state index is 12.5. The standard InChI is InChI=1S/C16H15N5O3S/c22-25(23,15-3-4-16-12(8-15)5-7-24-16)18-9-13-11-21(20-19-13)14-2-1-6-17-10-14/h1-4,6,8,10-11,18H,5,7,9H2. The van der Waals surface area contributed by atoms with Crippen LogP contribution >= 0.6 is 0 Å². The van der Waals surface area contributed by atoms with E-state index in [4.69, 9.17) is 4.74 Å². The third-order valence-electron chi connectivity index (χ3n) is 3.87. The van der Waals surface area contributed by atoms with Crippen molar-refractivity contribution in [1.29, 1.82) is 0 Å². The summed E-state index contributed by atoms with van der Waals surface area (Å²) in [6.45, 7) is 0.639. The number of ether oxygens (including phenoxy) is 1.